The molecular formula is C16H24N2O. The molecule has 1 saturated heterocycles. The van der Waals surface area contributed by atoms with E-state index in [1.54, 1.807) is 0 Å². The third-order valence-electron chi connectivity index (χ3n) is 4.06. The van der Waals surface area contributed by atoms with Gasteiger partial charge in [0, 0.05) is 19.1 Å². The van der Waals surface area contributed by atoms with Crippen LogP contribution < -0.4 is 10.1 Å². The second kappa shape index (κ2) is 6.40. The first-order chi connectivity index (χ1) is 9.40. The molecule has 3 rings (SSSR count). The van der Waals surface area contributed by atoms with Crippen LogP contribution in [0.25, 0.3) is 0 Å². The molecule has 1 heterocycles. The van der Waals surface area contributed by atoms with Gasteiger partial charge in [-0.15, -0.1) is 0 Å². The fourth-order valence-electron chi connectivity index (χ4n) is 2.71. The van der Waals surface area contributed by atoms with E-state index in [9.17, 15) is 0 Å². The number of nitrogens with zero attached hydrogens (tertiary/aromatic N) is 1. The summed E-state index contributed by atoms with van der Waals surface area (Å²) in [5, 5.41) is 3.64. The second-order valence-electron chi connectivity index (χ2n) is 5.80. The standard InChI is InChI=1S/C16H24N2O/c1-2-4-16(5-3-1)19-11-10-18-9-8-14(13-18)12-17-15-6-7-15/h1-5,14-15,17H,6-13H2. The average Bonchev–Trinajstić information content (AvgIpc) is 3.17. The first kappa shape index (κ1) is 12.9. The SMILES string of the molecule is c1ccc(OCCN2CCC(CNC3CC3)C2)cc1. The zero-order chi connectivity index (χ0) is 12.9. The highest BCUT2D eigenvalue weighted by atomic mass is 16.5. The monoisotopic (exact) mass is 260 g/mol. The molecule has 1 aromatic carbocycles. The number of benzene rings is 1. The van der Waals surface area contributed by atoms with Crippen molar-refractivity contribution in [1.82, 2.24) is 10.2 Å². The Hall–Kier alpha value is -1.06. The highest BCUT2D eigenvalue weighted by Gasteiger charge is 2.25. The summed E-state index contributed by atoms with van der Waals surface area (Å²) in [5.41, 5.74) is 0. The number of likely N-dealkylation sites (tertiary alicyclic amines) is 1. The third kappa shape index (κ3) is 4.22. The third-order valence-corrected chi connectivity index (χ3v) is 4.06. The van der Waals surface area contributed by atoms with Gasteiger partial charge in [0.1, 0.15) is 12.4 Å². The Morgan fingerprint density at radius 3 is 2.79 bits per heavy atom. The van der Waals surface area contributed by atoms with E-state index in [4.69, 9.17) is 4.74 Å². The first-order valence-electron chi connectivity index (χ1n) is 7.54. The molecule has 1 aliphatic heterocycles. The van der Waals surface area contributed by atoms with Crippen molar-refractivity contribution < 1.29 is 4.74 Å². The Kier molecular flexibility index (Phi) is 4.36. The van der Waals surface area contributed by atoms with Gasteiger partial charge in [0.2, 0.25) is 0 Å². The van der Waals surface area contributed by atoms with E-state index >= 15 is 0 Å². The lowest BCUT2D eigenvalue weighted by molar-refractivity contribution is 0.232. The maximum Gasteiger partial charge on any atom is 0.119 e. The van der Waals surface area contributed by atoms with Gasteiger partial charge in [-0.05, 0) is 50.4 Å². The Morgan fingerprint density at radius 1 is 1.16 bits per heavy atom. The summed E-state index contributed by atoms with van der Waals surface area (Å²) in [5.74, 6) is 1.82. The second-order valence-corrected chi connectivity index (χ2v) is 5.80. The number of ether oxygens (including phenoxy) is 1. The zero-order valence-corrected chi connectivity index (χ0v) is 11.6. The molecule has 0 aromatic heterocycles. The van der Waals surface area contributed by atoms with Crippen LogP contribution in [0.1, 0.15) is 19.3 Å². The lowest BCUT2D eigenvalue weighted by Gasteiger charge is -2.16. The van der Waals surface area contributed by atoms with Crippen molar-refractivity contribution in [2.45, 2.75) is 25.3 Å². The molecule has 0 amide bonds. The zero-order valence-electron chi connectivity index (χ0n) is 11.6. The van der Waals surface area contributed by atoms with E-state index in [0.29, 0.717) is 0 Å². The summed E-state index contributed by atoms with van der Waals surface area (Å²) in [6.07, 6.45) is 4.12. The molecule has 104 valence electrons. The lowest BCUT2D eigenvalue weighted by atomic mass is 10.1. The molecule has 19 heavy (non-hydrogen) atoms. The predicted octanol–water partition coefficient (Wildman–Crippen LogP) is 2.14. The van der Waals surface area contributed by atoms with Gasteiger partial charge < -0.3 is 10.1 Å². The molecule has 0 bridgehead atoms. The Balaban J connectivity index is 1.30. The lowest BCUT2D eigenvalue weighted by Crippen LogP contribution is -2.29. The normalized spacial score (nSPS) is 23.7. The Morgan fingerprint density at radius 2 is 2.00 bits per heavy atom. The van der Waals surface area contributed by atoms with E-state index in [1.165, 1.54) is 38.9 Å². The maximum atomic E-state index is 5.75. The van der Waals surface area contributed by atoms with Gasteiger partial charge in [-0.25, -0.2) is 0 Å². The van der Waals surface area contributed by atoms with Crippen LogP contribution in [0.4, 0.5) is 0 Å². The summed E-state index contributed by atoms with van der Waals surface area (Å²) in [7, 11) is 0. The van der Waals surface area contributed by atoms with Crippen molar-refractivity contribution in [3.63, 3.8) is 0 Å². The van der Waals surface area contributed by atoms with Crippen molar-refractivity contribution >= 4 is 0 Å². The molecule has 0 spiro atoms. The molecule has 1 saturated carbocycles. The summed E-state index contributed by atoms with van der Waals surface area (Å²) < 4.78 is 5.75. The molecule has 3 heteroatoms. The van der Waals surface area contributed by atoms with Crippen molar-refractivity contribution in [2.75, 3.05) is 32.8 Å². The number of rotatable bonds is 7. The smallest absolute Gasteiger partial charge is 0.119 e. The van der Waals surface area contributed by atoms with Gasteiger partial charge >= 0.3 is 0 Å². The average molecular weight is 260 g/mol. The van der Waals surface area contributed by atoms with Crippen LogP contribution in [-0.2, 0) is 0 Å². The van der Waals surface area contributed by atoms with Gasteiger partial charge in [-0.1, -0.05) is 18.2 Å². The minimum Gasteiger partial charge on any atom is -0.492 e. The van der Waals surface area contributed by atoms with E-state index in [-0.39, 0.29) is 0 Å². The summed E-state index contributed by atoms with van der Waals surface area (Å²) >= 11 is 0. The molecule has 1 atom stereocenters. The first-order valence-corrected chi connectivity index (χ1v) is 7.54. The van der Waals surface area contributed by atoms with Crippen LogP contribution in [0, 0.1) is 5.92 Å². The number of para-hydroxylation sites is 1. The molecule has 2 fully saturated rings. The fourth-order valence-corrected chi connectivity index (χ4v) is 2.71. The van der Waals surface area contributed by atoms with E-state index in [2.05, 4.69) is 10.2 Å². The quantitative estimate of drug-likeness (QED) is 0.813. The molecule has 1 N–H and O–H groups in total. The van der Waals surface area contributed by atoms with Crippen molar-refractivity contribution in [3.05, 3.63) is 30.3 Å². The number of hydrogen-bond acceptors (Lipinski definition) is 3. The number of nitrogens with one attached hydrogen (secondary N) is 1. The van der Waals surface area contributed by atoms with Crippen LogP contribution in [0.3, 0.4) is 0 Å². The van der Waals surface area contributed by atoms with Gasteiger partial charge in [-0.3, -0.25) is 4.90 Å². The number of hydrogen-bond donors (Lipinski definition) is 1. The van der Waals surface area contributed by atoms with Crippen molar-refractivity contribution in [3.8, 4) is 5.75 Å². The summed E-state index contributed by atoms with van der Waals surface area (Å²) in [6.45, 7) is 5.52. The largest absolute Gasteiger partial charge is 0.492 e. The van der Waals surface area contributed by atoms with Crippen LogP contribution in [0.2, 0.25) is 0 Å². The highest BCUT2D eigenvalue weighted by Crippen LogP contribution is 2.21. The van der Waals surface area contributed by atoms with Crippen molar-refractivity contribution in [2.24, 2.45) is 5.92 Å². The molecular weight excluding hydrogens is 236 g/mol. The summed E-state index contributed by atoms with van der Waals surface area (Å²) in [4.78, 5) is 2.53. The summed E-state index contributed by atoms with van der Waals surface area (Å²) in [6, 6.07) is 10.9. The Bertz CT molecular complexity index is 378. The van der Waals surface area contributed by atoms with E-state index < -0.39 is 0 Å². The molecule has 0 radical (unpaired) electrons. The van der Waals surface area contributed by atoms with Gasteiger partial charge in [0.25, 0.3) is 0 Å². The van der Waals surface area contributed by atoms with E-state index in [1.807, 2.05) is 30.3 Å². The predicted molar refractivity (Wildman–Crippen MR) is 77.5 cm³/mol. The molecule has 1 aliphatic carbocycles. The molecule has 1 unspecified atom stereocenters. The van der Waals surface area contributed by atoms with Crippen LogP contribution in [0.5, 0.6) is 5.75 Å². The van der Waals surface area contributed by atoms with Crippen LogP contribution in [-0.4, -0.2) is 43.7 Å². The fraction of sp³-hybridized carbons (Fsp3) is 0.625. The highest BCUT2D eigenvalue weighted by molar-refractivity contribution is 5.20. The van der Waals surface area contributed by atoms with Crippen LogP contribution in [0.15, 0.2) is 30.3 Å². The van der Waals surface area contributed by atoms with Gasteiger partial charge in [0.15, 0.2) is 0 Å². The maximum absolute atomic E-state index is 5.75. The van der Waals surface area contributed by atoms with Gasteiger partial charge in [-0.2, -0.15) is 0 Å². The minimum absolute atomic E-state index is 0.798. The van der Waals surface area contributed by atoms with Crippen LogP contribution >= 0.6 is 0 Å². The Labute approximate surface area is 115 Å². The molecule has 1 aromatic rings. The minimum atomic E-state index is 0.798. The topological polar surface area (TPSA) is 24.5 Å². The van der Waals surface area contributed by atoms with Crippen molar-refractivity contribution in [1.29, 1.82) is 0 Å². The molecule has 3 nitrogen and oxygen atoms in total. The molecule has 2 aliphatic rings. The van der Waals surface area contributed by atoms with Gasteiger partial charge in [0.05, 0.1) is 0 Å². The van der Waals surface area contributed by atoms with E-state index in [0.717, 1.165) is 30.9 Å².